The third-order valence-electron chi connectivity index (χ3n) is 5.52. The fourth-order valence-electron chi connectivity index (χ4n) is 3.76. The molecule has 6 nitrogen and oxygen atoms in total. The molecule has 2 heterocycles. The first-order chi connectivity index (χ1) is 15.0. The minimum absolute atomic E-state index is 0.155. The smallest absolute Gasteiger partial charge is 0.200 e. The van der Waals surface area contributed by atoms with E-state index in [1.807, 2.05) is 0 Å². The first kappa shape index (κ1) is 22.1. The number of benzene rings is 2. The van der Waals surface area contributed by atoms with Crippen molar-refractivity contribution >= 4 is 34.2 Å². The SMILES string of the molecule is O=c1c(-c2ccc(Cl)cc2Cl)coc2cc(OCCN3CCN(CCO)CC3)ccc12. The Morgan fingerprint density at radius 3 is 2.42 bits per heavy atom. The molecule has 0 radical (unpaired) electrons. The number of β-amino-alcohol motifs (C(OH)–C–C–N with tert-alkyl or cyclic N) is 1. The largest absolute Gasteiger partial charge is 0.492 e. The summed E-state index contributed by atoms with van der Waals surface area (Å²) >= 11 is 12.2. The van der Waals surface area contributed by atoms with Gasteiger partial charge in [-0.15, -0.1) is 0 Å². The highest BCUT2D eigenvalue weighted by Crippen LogP contribution is 2.30. The summed E-state index contributed by atoms with van der Waals surface area (Å²) in [5.41, 5.74) is 1.29. The average molecular weight is 463 g/mol. The molecule has 1 aliphatic heterocycles. The second kappa shape index (κ2) is 10.0. The van der Waals surface area contributed by atoms with E-state index < -0.39 is 0 Å². The number of rotatable bonds is 7. The van der Waals surface area contributed by atoms with Crippen molar-refractivity contribution in [2.75, 3.05) is 52.5 Å². The number of fused-ring (bicyclic) bond motifs is 1. The average Bonchev–Trinajstić information content (AvgIpc) is 2.76. The van der Waals surface area contributed by atoms with Crippen LogP contribution in [0.15, 0.2) is 51.9 Å². The molecule has 31 heavy (non-hydrogen) atoms. The van der Waals surface area contributed by atoms with Gasteiger partial charge in [-0.3, -0.25) is 14.6 Å². The van der Waals surface area contributed by atoms with Gasteiger partial charge in [0.1, 0.15) is 24.2 Å². The molecule has 0 amide bonds. The van der Waals surface area contributed by atoms with Gasteiger partial charge in [-0.05, 0) is 24.3 Å². The van der Waals surface area contributed by atoms with E-state index in [-0.39, 0.29) is 12.0 Å². The molecule has 0 saturated carbocycles. The Morgan fingerprint density at radius 2 is 1.71 bits per heavy atom. The highest BCUT2D eigenvalue weighted by Gasteiger charge is 2.16. The molecule has 1 saturated heterocycles. The van der Waals surface area contributed by atoms with Crippen molar-refractivity contribution in [2.24, 2.45) is 0 Å². The quantitative estimate of drug-likeness (QED) is 0.576. The van der Waals surface area contributed by atoms with E-state index in [0.29, 0.717) is 44.5 Å². The fourth-order valence-corrected chi connectivity index (χ4v) is 4.27. The van der Waals surface area contributed by atoms with Gasteiger partial charge in [0.15, 0.2) is 0 Å². The zero-order chi connectivity index (χ0) is 21.8. The van der Waals surface area contributed by atoms with E-state index in [1.165, 1.54) is 6.26 Å². The molecule has 1 fully saturated rings. The van der Waals surface area contributed by atoms with Crippen LogP contribution in [0.3, 0.4) is 0 Å². The van der Waals surface area contributed by atoms with Gasteiger partial charge in [-0.25, -0.2) is 0 Å². The lowest BCUT2D eigenvalue weighted by Crippen LogP contribution is -2.48. The molecule has 1 aliphatic rings. The van der Waals surface area contributed by atoms with Crippen LogP contribution in [-0.4, -0.2) is 67.4 Å². The van der Waals surface area contributed by atoms with E-state index in [1.54, 1.807) is 36.4 Å². The molecule has 1 aromatic heterocycles. The van der Waals surface area contributed by atoms with Gasteiger partial charge in [0.25, 0.3) is 0 Å². The Labute approximate surface area is 190 Å². The zero-order valence-electron chi connectivity index (χ0n) is 17.0. The topological polar surface area (TPSA) is 66.2 Å². The van der Waals surface area contributed by atoms with Gasteiger partial charge in [0.2, 0.25) is 5.43 Å². The number of aliphatic hydroxyl groups is 1. The lowest BCUT2D eigenvalue weighted by atomic mass is 10.1. The zero-order valence-corrected chi connectivity index (χ0v) is 18.5. The fraction of sp³-hybridized carbons (Fsp3) is 0.348. The maximum atomic E-state index is 13.0. The van der Waals surface area contributed by atoms with Crippen LogP contribution in [0, 0.1) is 0 Å². The number of halogens is 2. The number of ether oxygens (including phenoxy) is 1. The Balaban J connectivity index is 1.41. The Hall–Kier alpha value is -2.09. The van der Waals surface area contributed by atoms with Gasteiger partial charge in [0, 0.05) is 55.9 Å². The number of hydrogen-bond acceptors (Lipinski definition) is 6. The van der Waals surface area contributed by atoms with Crippen molar-refractivity contribution in [1.82, 2.24) is 9.80 Å². The summed E-state index contributed by atoms with van der Waals surface area (Å²) in [4.78, 5) is 17.6. The van der Waals surface area contributed by atoms with Crippen LogP contribution in [0.5, 0.6) is 5.75 Å². The Bertz CT molecular complexity index is 1110. The first-order valence-corrected chi connectivity index (χ1v) is 11.0. The second-order valence-corrected chi connectivity index (χ2v) is 8.36. The molecule has 0 unspecified atom stereocenters. The summed E-state index contributed by atoms with van der Waals surface area (Å²) in [7, 11) is 0. The van der Waals surface area contributed by atoms with Crippen molar-refractivity contribution < 1.29 is 14.3 Å². The number of nitrogens with zero attached hydrogens (tertiary/aromatic N) is 2. The van der Waals surface area contributed by atoms with Gasteiger partial charge in [-0.2, -0.15) is 0 Å². The molecule has 0 bridgehead atoms. The number of hydrogen-bond donors (Lipinski definition) is 1. The first-order valence-electron chi connectivity index (χ1n) is 10.2. The minimum atomic E-state index is -0.155. The van der Waals surface area contributed by atoms with Crippen molar-refractivity contribution in [3.63, 3.8) is 0 Å². The molecule has 0 aliphatic carbocycles. The maximum Gasteiger partial charge on any atom is 0.200 e. The predicted octanol–water partition coefficient (Wildman–Crippen LogP) is 3.76. The van der Waals surface area contributed by atoms with Gasteiger partial charge >= 0.3 is 0 Å². The standard InChI is InChI=1S/C23H24Cl2N2O4/c24-16-1-3-18(21(25)13-16)20-15-31-22-14-17(2-4-19(22)23(20)29)30-12-10-27-7-5-26(6-8-27)9-11-28/h1-4,13-15,28H,5-12H2. The van der Waals surface area contributed by atoms with Crippen LogP contribution in [0.2, 0.25) is 10.0 Å². The van der Waals surface area contributed by atoms with E-state index in [9.17, 15) is 4.79 Å². The van der Waals surface area contributed by atoms with Crippen LogP contribution < -0.4 is 10.2 Å². The van der Waals surface area contributed by atoms with E-state index >= 15 is 0 Å². The predicted molar refractivity (Wildman–Crippen MR) is 123 cm³/mol. The normalized spacial score (nSPS) is 15.5. The molecule has 3 aromatic rings. The monoisotopic (exact) mass is 462 g/mol. The van der Waals surface area contributed by atoms with Crippen molar-refractivity contribution in [3.05, 3.63) is 62.9 Å². The molecule has 8 heteroatoms. The maximum absolute atomic E-state index is 13.0. The van der Waals surface area contributed by atoms with Crippen molar-refractivity contribution in [2.45, 2.75) is 0 Å². The molecular weight excluding hydrogens is 439 g/mol. The van der Waals surface area contributed by atoms with E-state index in [4.69, 9.17) is 37.5 Å². The molecular formula is C23H24Cl2N2O4. The summed E-state index contributed by atoms with van der Waals surface area (Å²) in [6.07, 6.45) is 1.43. The summed E-state index contributed by atoms with van der Waals surface area (Å²) in [6.45, 7) is 6.16. The van der Waals surface area contributed by atoms with Crippen molar-refractivity contribution in [1.29, 1.82) is 0 Å². The second-order valence-electron chi connectivity index (χ2n) is 7.52. The van der Waals surface area contributed by atoms with Crippen LogP contribution >= 0.6 is 23.2 Å². The van der Waals surface area contributed by atoms with E-state index in [2.05, 4.69) is 9.80 Å². The molecule has 164 valence electrons. The van der Waals surface area contributed by atoms with Crippen LogP contribution in [0.4, 0.5) is 0 Å². The summed E-state index contributed by atoms with van der Waals surface area (Å²) in [6, 6.07) is 10.2. The molecule has 0 spiro atoms. The van der Waals surface area contributed by atoms with E-state index in [0.717, 1.165) is 39.3 Å². The van der Waals surface area contributed by atoms with Gasteiger partial charge in [-0.1, -0.05) is 29.3 Å². The minimum Gasteiger partial charge on any atom is -0.492 e. The molecule has 1 N–H and O–H groups in total. The Morgan fingerprint density at radius 1 is 0.968 bits per heavy atom. The molecule has 4 rings (SSSR count). The number of piperazine rings is 1. The molecule has 0 atom stereocenters. The lowest BCUT2D eigenvalue weighted by Gasteiger charge is -2.34. The highest BCUT2D eigenvalue weighted by molar-refractivity contribution is 6.36. The van der Waals surface area contributed by atoms with Crippen LogP contribution in [0.25, 0.3) is 22.1 Å². The van der Waals surface area contributed by atoms with Crippen LogP contribution in [-0.2, 0) is 0 Å². The van der Waals surface area contributed by atoms with Crippen LogP contribution in [0.1, 0.15) is 0 Å². The summed E-state index contributed by atoms with van der Waals surface area (Å²) in [5.74, 6) is 0.659. The molecule has 2 aromatic carbocycles. The number of aliphatic hydroxyl groups excluding tert-OH is 1. The third-order valence-corrected chi connectivity index (χ3v) is 6.07. The summed E-state index contributed by atoms with van der Waals surface area (Å²) in [5, 5.41) is 10.4. The van der Waals surface area contributed by atoms with Crippen molar-refractivity contribution in [3.8, 4) is 16.9 Å². The Kier molecular flexibility index (Phi) is 7.15. The van der Waals surface area contributed by atoms with Gasteiger partial charge < -0.3 is 14.3 Å². The van der Waals surface area contributed by atoms with Gasteiger partial charge in [0.05, 0.1) is 22.6 Å². The lowest BCUT2D eigenvalue weighted by molar-refractivity contribution is 0.102. The summed E-state index contributed by atoms with van der Waals surface area (Å²) < 4.78 is 11.6. The third kappa shape index (κ3) is 5.22. The highest BCUT2D eigenvalue weighted by atomic mass is 35.5.